The number of carbonyl (C=O) groups excluding carboxylic acids is 1. The molecule has 10 nitrogen and oxygen atoms in total. The van der Waals surface area contributed by atoms with Crippen LogP contribution in [-0.4, -0.2) is 71.2 Å². The van der Waals surface area contributed by atoms with Crippen LogP contribution in [0.4, 0.5) is 22.1 Å². The van der Waals surface area contributed by atoms with Crippen molar-refractivity contribution in [1.82, 2.24) is 25.1 Å². The molecule has 0 saturated carbocycles. The quantitative estimate of drug-likeness (QED) is 0.583. The highest BCUT2D eigenvalue weighted by molar-refractivity contribution is 5.99. The van der Waals surface area contributed by atoms with Crippen LogP contribution in [0.25, 0.3) is 22.4 Å². The van der Waals surface area contributed by atoms with Crippen LogP contribution in [0.1, 0.15) is 32.6 Å². The van der Waals surface area contributed by atoms with Gasteiger partial charge in [0.25, 0.3) is 0 Å². The van der Waals surface area contributed by atoms with E-state index in [1.165, 1.54) is 12.8 Å². The van der Waals surface area contributed by atoms with Crippen LogP contribution >= 0.6 is 0 Å². The molecule has 1 aromatic carbocycles. The maximum atomic E-state index is 11.7. The van der Waals surface area contributed by atoms with Crippen molar-refractivity contribution < 1.29 is 9.53 Å². The first-order valence-corrected chi connectivity index (χ1v) is 12.7. The average Bonchev–Trinajstić information content (AvgIpc) is 3.62. The minimum atomic E-state index is -0.249. The highest BCUT2D eigenvalue weighted by Gasteiger charge is 2.36. The molecule has 6 rings (SSSR count). The summed E-state index contributed by atoms with van der Waals surface area (Å²) >= 11 is 0. The topological polar surface area (TPSA) is 100 Å². The van der Waals surface area contributed by atoms with E-state index in [2.05, 4.69) is 27.4 Å². The van der Waals surface area contributed by atoms with Crippen molar-refractivity contribution in [2.24, 2.45) is 0 Å². The number of hydrogen-bond acceptors (Lipinski definition) is 7. The van der Waals surface area contributed by atoms with Gasteiger partial charge in [-0.25, -0.2) is 19.4 Å². The second-order valence-electron chi connectivity index (χ2n) is 9.55. The fourth-order valence-electron chi connectivity index (χ4n) is 5.45. The van der Waals surface area contributed by atoms with Crippen LogP contribution < -0.4 is 20.4 Å². The molecule has 10 heteroatoms. The maximum Gasteiger partial charge on any atom is 0.318 e. The Kier molecular flexibility index (Phi) is 5.68. The Labute approximate surface area is 204 Å². The van der Waals surface area contributed by atoms with Gasteiger partial charge in [-0.2, -0.15) is 5.10 Å². The molecular formula is C25H32N8O2. The molecule has 2 unspecified atom stereocenters. The van der Waals surface area contributed by atoms with Crippen molar-refractivity contribution >= 4 is 34.4 Å². The van der Waals surface area contributed by atoms with Gasteiger partial charge in [-0.1, -0.05) is 0 Å². The molecule has 5 heterocycles. The van der Waals surface area contributed by atoms with E-state index in [4.69, 9.17) is 19.8 Å². The van der Waals surface area contributed by atoms with Crippen LogP contribution in [0.2, 0.25) is 0 Å². The van der Waals surface area contributed by atoms with Gasteiger partial charge in [-0.15, -0.1) is 0 Å². The number of anilines is 3. The zero-order valence-electron chi connectivity index (χ0n) is 20.3. The van der Waals surface area contributed by atoms with Crippen molar-refractivity contribution in [2.75, 3.05) is 48.3 Å². The Hall–Kier alpha value is -3.40. The van der Waals surface area contributed by atoms with Crippen molar-refractivity contribution in [3.8, 4) is 11.4 Å². The summed E-state index contributed by atoms with van der Waals surface area (Å²) in [4.78, 5) is 26.6. The van der Waals surface area contributed by atoms with E-state index >= 15 is 0 Å². The number of aryl methyl sites for hydroxylation is 1. The SMILES string of the molecule is CCn1nc(N2CCCC2)c2c(N3CC4CCC(C3)O4)nc(-c3ccc(NC(=O)NC)cc3)nc21. The second-order valence-corrected chi connectivity index (χ2v) is 9.55. The fourth-order valence-corrected chi connectivity index (χ4v) is 5.45. The van der Waals surface area contributed by atoms with E-state index in [1.807, 2.05) is 28.9 Å². The summed E-state index contributed by atoms with van der Waals surface area (Å²) < 4.78 is 8.14. The molecule has 0 radical (unpaired) electrons. The van der Waals surface area contributed by atoms with Gasteiger partial charge in [-0.3, -0.25) is 0 Å². The smallest absolute Gasteiger partial charge is 0.318 e. The molecule has 2 atom stereocenters. The molecule has 3 saturated heterocycles. The molecule has 2 aromatic heterocycles. The van der Waals surface area contributed by atoms with E-state index in [-0.39, 0.29) is 18.2 Å². The van der Waals surface area contributed by atoms with Crippen LogP contribution in [0.3, 0.4) is 0 Å². The van der Waals surface area contributed by atoms with E-state index in [0.29, 0.717) is 11.5 Å². The summed E-state index contributed by atoms with van der Waals surface area (Å²) in [5.74, 6) is 2.63. The Bertz CT molecular complexity index is 1220. The number of ether oxygens (including phenoxy) is 1. The normalized spacial score (nSPS) is 21.7. The molecule has 3 aliphatic rings. The minimum Gasteiger partial charge on any atom is -0.371 e. The minimum absolute atomic E-state index is 0.249. The molecular weight excluding hydrogens is 444 g/mol. The number of nitrogens with zero attached hydrogens (tertiary/aromatic N) is 6. The van der Waals surface area contributed by atoms with Gasteiger partial charge in [0, 0.05) is 51.0 Å². The van der Waals surface area contributed by atoms with E-state index in [0.717, 1.165) is 73.8 Å². The average molecular weight is 477 g/mol. The predicted octanol–water partition coefficient (Wildman–Crippen LogP) is 3.23. The van der Waals surface area contributed by atoms with Crippen LogP contribution in [-0.2, 0) is 11.3 Å². The maximum absolute atomic E-state index is 11.7. The number of hydrogen-bond donors (Lipinski definition) is 2. The molecule has 184 valence electrons. The van der Waals surface area contributed by atoms with Crippen molar-refractivity contribution in [3.63, 3.8) is 0 Å². The first-order chi connectivity index (χ1) is 17.1. The van der Waals surface area contributed by atoms with E-state index in [9.17, 15) is 4.79 Å². The lowest BCUT2D eigenvalue weighted by Crippen LogP contribution is -2.43. The third kappa shape index (κ3) is 4.05. The Morgan fingerprint density at radius 3 is 2.40 bits per heavy atom. The number of benzene rings is 1. The van der Waals surface area contributed by atoms with E-state index < -0.39 is 0 Å². The van der Waals surface area contributed by atoms with Crippen LogP contribution in [0, 0.1) is 0 Å². The predicted molar refractivity (Wildman–Crippen MR) is 136 cm³/mol. The summed E-state index contributed by atoms with van der Waals surface area (Å²) in [6.45, 7) is 6.57. The summed E-state index contributed by atoms with van der Waals surface area (Å²) in [6, 6.07) is 7.40. The lowest BCUT2D eigenvalue weighted by atomic mass is 10.1. The highest BCUT2D eigenvalue weighted by atomic mass is 16.5. The standard InChI is InChI=1S/C25H32N8O2/c1-3-33-23-20(24(30-33)31-12-4-5-13-31)22(32-14-18-10-11-19(15-32)35-18)28-21(29-23)16-6-8-17(9-7-16)27-25(34)26-2/h6-9,18-19H,3-5,10-15H2,1-2H3,(H2,26,27,34). The van der Waals surface area contributed by atoms with Crippen LogP contribution in [0.15, 0.2) is 24.3 Å². The number of carbonyl (C=O) groups is 1. The van der Waals surface area contributed by atoms with Gasteiger partial charge in [0.15, 0.2) is 17.3 Å². The molecule has 35 heavy (non-hydrogen) atoms. The van der Waals surface area contributed by atoms with Gasteiger partial charge in [-0.05, 0) is 56.9 Å². The molecule has 2 N–H and O–H groups in total. The van der Waals surface area contributed by atoms with Crippen LogP contribution in [0.5, 0.6) is 0 Å². The number of aromatic nitrogens is 4. The zero-order valence-corrected chi connectivity index (χ0v) is 20.3. The molecule has 0 spiro atoms. The summed E-state index contributed by atoms with van der Waals surface area (Å²) in [6.07, 6.45) is 5.10. The molecule has 0 aliphatic carbocycles. The van der Waals surface area contributed by atoms with Gasteiger partial charge in [0.2, 0.25) is 0 Å². The lowest BCUT2D eigenvalue weighted by molar-refractivity contribution is 0.0303. The Balaban J connectivity index is 1.47. The first kappa shape index (κ1) is 22.1. The Morgan fingerprint density at radius 1 is 1.03 bits per heavy atom. The number of fused-ring (bicyclic) bond motifs is 3. The number of urea groups is 1. The third-order valence-electron chi connectivity index (χ3n) is 7.23. The molecule has 3 fully saturated rings. The number of nitrogens with one attached hydrogen (secondary N) is 2. The summed E-state index contributed by atoms with van der Waals surface area (Å²) in [7, 11) is 1.60. The van der Waals surface area contributed by atoms with Gasteiger partial charge in [0.05, 0.1) is 12.2 Å². The largest absolute Gasteiger partial charge is 0.371 e. The summed E-state index contributed by atoms with van der Waals surface area (Å²) in [5.41, 5.74) is 2.49. The van der Waals surface area contributed by atoms with E-state index in [1.54, 1.807) is 7.05 Å². The third-order valence-corrected chi connectivity index (χ3v) is 7.23. The molecule has 2 amide bonds. The fraction of sp³-hybridized carbons (Fsp3) is 0.520. The molecule has 2 bridgehead atoms. The second kappa shape index (κ2) is 8.99. The monoisotopic (exact) mass is 476 g/mol. The van der Waals surface area contributed by atoms with Crippen molar-refractivity contribution in [1.29, 1.82) is 0 Å². The van der Waals surface area contributed by atoms with Gasteiger partial charge in [0.1, 0.15) is 11.2 Å². The highest BCUT2D eigenvalue weighted by Crippen LogP contribution is 2.38. The molecule has 3 aromatic rings. The van der Waals surface area contributed by atoms with Gasteiger partial charge >= 0.3 is 6.03 Å². The molecule has 3 aliphatic heterocycles. The lowest BCUT2D eigenvalue weighted by Gasteiger charge is -2.33. The van der Waals surface area contributed by atoms with Crippen molar-refractivity contribution in [2.45, 2.75) is 51.4 Å². The Morgan fingerprint density at radius 2 is 1.74 bits per heavy atom. The number of morpholine rings is 1. The zero-order chi connectivity index (χ0) is 23.9. The number of amides is 2. The number of rotatable bonds is 5. The summed E-state index contributed by atoms with van der Waals surface area (Å²) in [5, 5.41) is 11.4. The van der Waals surface area contributed by atoms with Gasteiger partial charge < -0.3 is 25.2 Å². The first-order valence-electron chi connectivity index (χ1n) is 12.7. The van der Waals surface area contributed by atoms with Crippen molar-refractivity contribution in [3.05, 3.63) is 24.3 Å².